The van der Waals surface area contributed by atoms with Crippen molar-refractivity contribution in [1.82, 2.24) is 5.32 Å². The van der Waals surface area contributed by atoms with Gasteiger partial charge < -0.3 is 10.1 Å². The third-order valence-electron chi connectivity index (χ3n) is 3.75. The average molecular weight is 311 g/mol. The van der Waals surface area contributed by atoms with Crippen LogP contribution in [-0.4, -0.2) is 19.1 Å². The van der Waals surface area contributed by atoms with Crippen LogP contribution in [0.3, 0.4) is 0 Å². The molecule has 0 aliphatic rings. The second-order valence-corrected chi connectivity index (χ2v) is 5.56. The number of benzene rings is 2. The Morgan fingerprint density at radius 1 is 0.957 bits per heavy atom. The lowest BCUT2D eigenvalue weighted by molar-refractivity contribution is -0.121. The van der Waals surface area contributed by atoms with Gasteiger partial charge in [-0.05, 0) is 29.5 Å². The van der Waals surface area contributed by atoms with Gasteiger partial charge in [0.15, 0.2) is 0 Å². The molecule has 23 heavy (non-hydrogen) atoms. The molecule has 0 atom stereocenters. The summed E-state index contributed by atoms with van der Waals surface area (Å²) < 4.78 is 5.54. The second-order valence-electron chi connectivity index (χ2n) is 5.56. The monoisotopic (exact) mass is 311 g/mol. The van der Waals surface area contributed by atoms with Gasteiger partial charge in [-0.3, -0.25) is 4.79 Å². The fourth-order valence-corrected chi connectivity index (χ4v) is 2.31. The fourth-order valence-electron chi connectivity index (χ4n) is 2.31. The van der Waals surface area contributed by atoms with Crippen LogP contribution >= 0.6 is 0 Å². The molecule has 2 aromatic rings. The first-order chi connectivity index (χ1) is 11.3. The minimum atomic E-state index is 0.0767. The number of carbonyl (C=O) groups is 1. The highest BCUT2D eigenvalue weighted by Gasteiger charge is 2.02. The van der Waals surface area contributed by atoms with Crippen LogP contribution in [0.1, 0.15) is 30.0 Å². The van der Waals surface area contributed by atoms with E-state index in [4.69, 9.17) is 4.74 Å². The molecule has 0 saturated heterocycles. The smallest absolute Gasteiger partial charge is 0.220 e. The van der Waals surface area contributed by atoms with Crippen molar-refractivity contribution in [2.75, 3.05) is 13.2 Å². The van der Waals surface area contributed by atoms with Crippen LogP contribution < -0.4 is 5.32 Å². The van der Waals surface area contributed by atoms with Crippen molar-refractivity contribution in [2.45, 2.75) is 32.8 Å². The largest absolute Gasteiger partial charge is 0.375 e. The SMILES string of the molecule is CCc1ccc(CCC(=O)NCCOCc2ccccc2)cc1. The third-order valence-corrected chi connectivity index (χ3v) is 3.75. The number of hydrogen-bond donors (Lipinski definition) is 1. The summed E-state index contributed by atoms with van der Waals surface area (Å²) in [5.74, 6) is 0.0767. The van der Waals surface area contributed by atoms with Crippen molar-refractivity contribution in [1.29, 1.82) is 0 Å². The maximum Gasteiger partial charge on any atom is 0.220 e. The highest BCUT2D eigenvalue weighted by molar-refractivity contribution is 5.76. The Balaban J connectivity index is 1.56. The molecule has 0 fully saturated rings. The van der Waals surface area contributed by atoms with Gasteiger partial charge in [-0.2, -0.15) is 0 Å². The van der Waals surface area contributed by atoms with Gasteiger partial charge in [0.2, 0.25) is 5.91 Å². The molecule has 0 aromatic heterocycles. The number of ether oxygens (including phenoxy) is 1. The molecule has 0 spiro atoms. The van der Waals surface area contributed by atoms with Crippen LogP contribution in [0, 0.1) is 0 Å². The first-order valence-corrected chi connectivity index (χ1v) is 8.24. The maximum atomic E-state index is 11.8. The summed E-state index contributed by atoms with van der Waals surface area (Å²) >= 11 is 0. The van der Waals surface area contributed by atoms with Crippen molar-refractivity contribution >= 4 is 5.91 Å². The van der Waals surface area contributed by atoms with E-state index in [2.05, 4.69) is 36.5 Å². The van der Waals surface area contributed by atoms with Crippen molar-refractivity contribution in [3.63, 3.8) is 0 Å². The summed E-state index contributed by atoms with van der Waals surface area (Å²) in [6.45, 7) is 3.81. The van der Waals surface area contributed by atoms with E-state index < -0.39 is 0 Å². The molecule has 2 aromatic carbocycles. The predicted octanol–water partition coefficient (Wildman–Crippen LogP) is 3.51. The lowest BCUT2D eigenvalue weighted by Crippen LogP contribution is -2.27. The zero-order valence-electron chi connectivity index (χ0n) is 13.8. The van der Waals surface area contributed by atoms with Gasteiger partial charge in [-0.15, -0.1) is 0 Å². The van der Waals surface area contributed by atoms with Crippen molar-refractivity contribution in [2.24, 2.45) is 0 Å². The van der Waals surface area contributed by atoms with Crippen LogP contribution in [0.4, 0.5) is 0 Å². The zero-order valence-corrected chi connectivity index (χ0v) is 13.8. The molecule has 2 rings (SSSR count). The van der Waals surface area contributed by atoms with E-state index in [9.17, 15) is 4.79 Å². The summed E-state index contributed by atoms with van der Waals surface area (Å²) in [5.41, 5.74) is 3.68. The highest BCUT2D eigenvalue weighted by atomic mass is 16.5. The van der Waals surface area contributed by atoms with Crippen molar-refractivity contribution in [3.8, 4) is 0 Å². The Labute approximate surface area is 138 Å². The molecule has 0 aliphatic carbocycles. The van der Waals surface area contributed by atoms with Gasteiger partial charge in [0.1, 0.15) is 0 Å². The molecule has 1 amide bonds. The van der Waals surface area contributed by atoms with Crippen LogP contribution in [-0.2, 0) is 29.0 Å². The van der Waals surface area contributed by atoms with Crippen LogP contribution in [0.5, 0.6) is 0 Å². The van der Waals surface area contributed by atoms with E-state index >= 15 is 0 Å². The van der Waals surface area contributed by atoms with Crippen LogP contribution in [0.15, 0.2) is 54.6 Å². The molecular formula is C20H25NO2. The summed E-state index contributed by atoms with van der Waals surface area (Å²) in [6.07, 6.45) is 2.34. The van der Waals surface area contributed by atoms with Gasteiger partial charge in [-0.25, -0.2) is 0 Å². The molecule has 0 bridgehead atoms. The van der Waals surface area contributed by atoms with Crippen LogP contribution in [0.25, 0.3) is 0 Å². The van der Waals surface area contributed by atoms with Gasteiger partial charge in [0, 0.05) is 13.0 Å². The summed E-state index contributed by atoms with van der Waals surface area (Å²) in [6, 6.07) is 18.5. The predicted molar refractivity (Wildman–Crippen MR) is 93.2 cm³/mol. The van der Waals surface area contributed by atoms with E-state index in [1.807, 2.05) is 30.3 Å². The van der Waals surface area contributed by atoms with E-state index in [1.165, 1.54) is 11.1 Å². The average Bonchev–Trinajstić information content (AvgIpc) is 2.61. The Morgan fingerprint density at radius 3 is 2.35 bits per heavy atom. The normalized spacial score (nSPS) is 10.5. The van der Waals surface area contributed by atoms with E-state index in [1.54, 1.807) is 0 Å². The summed E-state index contributed by atoms with van der Waals surface area (Å²) in [4.78, 5) is 11.8. The number of aryl methyl sites for hydroxylation is 2. The zero-order chi connectivity index (χ0) is 16.3. The molecule has 0 heterocycles. The molecule has 0 radical (unpaired) electrons. The number of hydrogen-bond acceptors (Lipinski definition) is 2. The third kappa shape index (κ3) is 6.66. The fraction of sp³-hybridized carbons (Fsp3) is 0.350. The summed E-state index contributed by atoms with van der Waals surface area (Å²) in [5, 5.41) is 2.90. The summed E-state index contributed by atoms with van der Waals surface area (Å²) in [7, 11) is 0. The van der Waals surface area contributed by atoms with Gasteiger partial charge >= 0.3 is 0 Å². The first-order valence-electron chi connectivity index (χ1n) is 8.24. The lowest BCUT2D eigenvalue weighted by atomic mass is 10.1. The minimum Gasteiger partial charge on any atom is -0.375 e. The standard InChI is InChI=1S/C20H25NO2/c1-2-17-8-10-18(11-9-17)12-13-20(22)21-14-15-23-16-19-6-4-3-5-7-19/h3-11H,2,12-16H2,1H3,(H,21,22). The first kappa shape index (κ1) is 17.2. The molecule has 3 heteroatoms. The number of amides is 1. The van der Waals surface area contributed by atoms with Gasteiger partial charge in [-0.1, -0.05) is 61.5 Å². The number of rotatable bonds is 9. The molecule has 0 aliphatic heterocycles. The number of nitrogens with one attached hydrogen (secondary N) is 1. The lowest BCUT2D eigenvalue weighted by Gasteiger charge is -2.07. The Morgan fingerprint density at radius 2 is 1.65 bits per heavy atom. The van der Waals surface area contributed by atoms with E-state index in [-0.39, 0.29) is 5.91 Å². The van der Waals surface area contributed by atoms with Crippen molar-refractivity contribution < 1.29 is 9.53 Å². The van der Waals surface area contributed by atoms with Gasteiger partial charge in [0.05, 0.1) is 13.2 Å². The molecule has 0 saturated carbocycles. The molecule has 3 nitrogen and oxygen atoms in total. The Kier molecular flexibility index (Phi) is 7.34. The molecular weight excluding hydrogens is 286 g/mol. The van der Waals surface area contributed by atoms with Crippen molar-refractivity contribution in [3.05, 3.63) is 71.3 Å². The quantitative estimate of drug-likeness (QED) is 0.720. The maximum absolute atomic E-state index is 11.8. The van der Waals surface area contributed by atoms with Gasteiger partial charge in [0.25, 0.3) is 0 Å². The second kappa shape index (κ2) is 9.80. The highest BCUT2D eigenvalue weighted by Crippen LogP contribution is 2.07. The van der Waals surface area contributed by atoms with E-state index in [0.717, 1.165) is 18.4 Å². The molecule has 122 valence electrons. The Bertz CT molecular complexity index is 578. The van der Waals surface area contributed by atoms with E-state index in [0.29, 0.717) is 26.2 Å². The number of carbonyl (C=O) groups excluding carboxylic acids is 1. The Hall–Kier alpha value is -2.13. The topological polar surface area (TPSA) is 38.3 Å². The molecule has 0 unspecified atom stereocenters. The minimum absolute atomic E-state index is 0.0767. The molecule has 1 N–H and O–H groups in total. The van der Waals surface area contributed by atoms with Crippen LogP contribution in [0.2, 0.25) is 0 Å².